The molecule has 0 aliphatic carbocycles. The number of thiocarbonyl (C=S) groups is 1. The number of phenols is 1. The van der Waals surface area contributed by atoms with E-state index in [1.54, 1.807) is 12.1 Å². The summed E-state index contributed by atoms with van der Waals surface area (Å²) in [6.07, 6.45) is 1.82. The van der Waals surface area contributed by atoms with E-state index in [0.29, 0.717) is 5.11 Å². The van der Waals surface area contributed by atoms with Crippen LogP contribution in [0.1, 0.15) is 40.3 Å². The zero-order chi connectivity index (χ0) is 24.0. The number of aryl methyl sites for hydroxylation is 2. The van der Waals surface area contributed by atoms with Gasteiger partial charge in [-0.15, -0.1) is 0 Å². The first-order valence-corrected chi connectivity index (χ1v) is 12.3. The Kier molecular flexibility index (Phi) is 5.91. The summed E-state index contributed by atoms with van der Waals surface area (Å²) in [6.45, 7) is 6.33. The fraction of sp³-hybridized carbons (Fsp3) is 0.185. The van der Waals surface area contributed by atoms with Gasteiger partial charge in [-0.05, 0) is 105 Å². The molecule has 34 heavy (non-hydrogen) atoms. The smallest absolute Gasteiger partial charge is 0.174 e. The van der Waals surface area contributed by atoms with Crippen LogP contribution in [0.5, 0.6) is 5.75 Å². The normalized spacial score (nSPS) is 17.8. The molecule has 2 aromatic heterocycles. The van der Waals surface area contributed by atoms with Gasteiger partial charge >= 0.3 is 0 Å². The first kappa shape index (κ1) is 22.6. The number of nitrogens with zero attached hydrogens (tertiary/aromatic N) is 3. The van der Waals surface area contributed by atoms with Crippen LogP contribution in [0.2, 0.25) is 0 Å². The van der Waals surface area contributed by atoms with Crippen LogP contribution in [0.3, 0.4) is 0 Å². The van der Waals surface area contributed by atoms with Crippen molar-refractivity contribution in [1.82, 2.24) is 14.9 Å². The molecule has 172 valence electrons. The highest BCUT2D eigenvalue weighted by Crippen LogP contribution is 2.44. The second-order valence-electron chi connectivity index (χ2n) is 8.61. The molecule has 1 aliphatic heterocycles. The number of nitrogens with one attached hydrogen (secondary N) is 1. The molecule has 3 heterocycles. The Hall–Kier alpha value is -3.16. The van der Waals surface area contributed by atoms with Crippen molar-refractivity contribution in [3.8, 4) is 11.4 Å². The summed E-state index contributed by atoms with van der Waals surface area (Å²) < 4.78 is 3.29. The second kappa shape index (κ2) is 8.89. The highest BCUT2D eigenvalue weighted by molar-refractivity contribution is 9.10. The molecule has 1 saturated heterocycles. The minimum Gasteiger partial charge on any atom is -0.508 e. The monoisotopic (exact) mass is 532 g/mol. The lowest BCUT2D eigenvalue weighted by atomic mass is 9.96. The van der Waals surface area contributed by atoms with E-state index in [2.05, 4.69) is 80.7 Å². The van der Waals surface area contributed by atoms with Crippen LogP contribution in [-0.4, -0.2) is 19.8 Å². The number of hydrogen-bond acceptors (Lipinski definition) is 3. The highest BCUT2D eigenvalue weighted by atomic mass is 79.9. The van der Waals surface area contributed by atoms with Gasteiger partial charge in [0.2, 0.25) is 0 Å². The van der Waals surface area contributed by atoms with Crippen molar-refractivity contribution >= 4 is 38.9 Å². The van der Waals surface area contributed by atoms with Gasteiger partial charge in [-0.1, -0.05) is 22.0 Å². The molecule has 7 heteroatoms. The molecular formula is C27H25BrN4OS. The van der Waals surface area contributed by atoms with Crippen molar-refractivity contribution in [3.05, 3.63) is 106 Å². The van der Waals surface area contributed by atoms with E-state index in [1.807, 2.05) is 36.5 Å². The van der Waals surface area contributed by atoms with E-state index in [1.165, 1.54) is 5.56 Å². The molecule has 5 rings (SSSR count). The van der Waals surface area contributed by atoms with Crippen molar-refractivity contribution in [2.45, 2.75) is 32.9 Å². The van der Waals surface area contributed by atoms with Crippen LogP contribution < -0.4 is 10.2 Å². The van der Waals surface area contributed by atoms with Gasteiger partial charge in [0.25, 0.3) is 0 Å². The summed E-state index contributed by atoms with van der Waals surface area (Å²) in [6, 6.07) is 21.6. The van der Waals surface area contributed by atoms with Gasteiger partial charge in [0.1, 0.15) is 5.75 Å². The van der Waals surface area contributed by atoms with E-state index in [4.69, 9.17) is 12.2 Å². The third-order valence-electron chi connectivity index (χ3n) is 6.41. The van der Waals surface area contributed by atoms with E-state index < -0.39 is 0 Å². The predicted octanol–water partition coefficient (Wildman–Crippen LogP) is 6.44. The molecule has 0 unspecified atom stereocenters. The number of pyridine rings is 1. The molecule has 0 bridgehead atoms. The Morgan fingerprint density at radius 2 is 1.71 bits per heavy atom. The van der Waals surface area contributed by atoms with Crippen molar-refractivity contribution < 1.29 is 5.11 Å². The SMILES string of the molecule is Cc1cc(N2C(=S)N[C@@H](c3ccccn3)[C@@H]2c2cc(C)n(-c3ccc(O)cc3)c2C)ccc1Br. The zero-order valence-electron chi connectivity index (χ0n) is 19.2. The van der Waals surface area contributed by atoms with Crippen LogP contribution in [0, 0.1) is 20.8 Å². The largest absolute Gasteiger partial charge is 0.508 e. The minimum absolute atomic E-state index is 0.0833. The predicted molar refractivity (Wildman–Crippen MR) is 144 cm³/mol. The maximum Gasteiger partial charge on any atom is 0.174 e. The fourth-order valence-corrected chi connectivity index (χ4v) is 5.41. The van der Waals surface area contributed by atoms with Crippen molar-refractivity contribution in [2.24, 2.45) is 0 Å². The molecule has 0 spiro atoms. The van der Waals surface area contributed by atoms with Gasteiger partial charge in [0.15, 0.2) is 5.11 Å². The molecule has 2 N–H and O–H groups in total. The molecule has 0 amide bonds. The van der Waals surface area contributed by atoms with Crippen molar-refractivity contribution in [2.75, 3.05) is 4.90 Å². The van der Waals surface area contributed by atoms with Crippen LogP contribution in [0.4, 0.5) is 5.69 Å². The Labute approximate surface area is 213 Å². The number of aromatic hydroxyl groups is 1. The third-order valence-corrected chi connectivity index (χ3v) is 7.62. The number of benzene rings is 2. The van der Waals surface area contributed by atoms with Crippen LogP contribution in [0.25, 0.3) is 5.69 Å². The van der Waals surface area contributed by atoms with Gasteiger partial charge in [-0.3, -0.25) is 4.98 Å². The summed E-state index contributed by atoms with van der Waals surface area (Å²) in [7, 11) is 0. The number of hydrogen-bond donors (Lipinski definition) is 2. The number of phenolic OH excluding ortho intramolecular Hbond substituents is 1. The fourth-order valence-electron chi connectivity index (χ4n) is 4.81. The first-order valence-electron chi connectivity index (χ1n) is 11.1. The summed E-state index contributed by atoms with van der Waals surface area (Å²) in [4.78, 5) is 6.87. The number of rotatable bonds is 4. The van der Waals surface area contributed by atoms with Crippen molar-refractivity contribution in [3.63, 3.8) is 0 Å². The van der Waals surface area contributed by atoms with E-state index in [0.717, 1.165) is 38.5 Å². The number of aromatic nitrogens is 2. The summed E-state index contributed by atoms with van der Waals surface area (Å²) in [5, 5.41) is 14.0. The third kappa shape index (κ3) is 3.89. The van der Waals surface area contributed by atoms with Gasteiger partial charge in [0, 0.05) is 33.4 Å². The molecule has 5 nitrogen and oxygen atoms in total. The standard InChI is InChI=1S/C27H25BrN4OS/c1-16-14-20(9-12-23(16)28)32-26(25(30-27(32)34)24-6-4-5-13-29-24)22-15-17(2)31(18(22)3)19-7-10-21(33)11-8-19/h4-15,25-26,33H,1-3H3,(H,30,34)/t25-,26-/m0/s1. The van der Waals surface area contributed by atoms with E-state index in [-0.39, 0.29) is 17.8 Å². The molecular weight excluding hydrogens is 508 g/mol. The number of halogens is 1. The zero-order valence-corrected chi connectivity index (χ0v) is 21.6. The summed E-state index contributed by atoms with van der Waals surface area (Å²) in [5.74, 6) is 0.253. The molecule has 2 atom stereocenters. The molecule has 1 aliphatic rings. The Morgan fingerprint density at radius 3 is 2.38 bits per heavy atom. The minimum atomic E-state index is -0.105. The first-order chi connectivity index (χ1) is 16.3. The lowest BCUT2D eigenvalue weighted by Gasteiger charge is -2.28. The van der Waals surface area contributed by atoms with Gasteiger partial charge in [-0.2, -0.15) is 0 Å². The Morgan fingerprint density at radius 1 is 0.971 bits per heavy atom. The summed E-state index contributed by atoms with van der Waals surface area (Å²) >= 11 is 9.50. The lowest BCUT2D eigenvalue weighted by molar-refractivity contribution is 0.475. The van der Waals surface area contributed by atoms with E-state index >= 15 is 0 Å². The van der Waals surface area contributed by atoms with Gasteiger partial charge < -0.3 is 19.9 Å². The molecule has 2 aromatic carbocycles. The molecule has 0 saturated carbocycles. The Balaban J connectivity index is 1.68. The average molecular weight is 533 g/mol. The maximum atomic E-state index is 9.76. The van der Waals surface area contributed by atoms with Gasteiger partial charge in [0.05, 0.1) is 17.8 Å². The van der Waals surface area contributed by atoms with Gasteiger partial charge in [-0.25, -0.2) is 0 Å². The Bertz CT molecular complexity index is 1370. The molecule has 4 aromatic rings. The van der Waals surface area contributed by atoms with Crippen LogP contribution in [-0.2, 0) is 0 Å². The maximum absolute atomic E-state index is 9.76. The average Bonchev–Trinajstić information content (AvgIpc) is 3.32. The summed E-state index contributed by atoms with van der Waals surface area (Å²) in [5.41, 5.74) is 7.55. The quantitative estimate of drug-likeness (QED) is 0.296. The molecule has 1 fully saturated rings. The van der Waals surface area contributed by atoms with E-state index in [9.17, 15) is 5.11 Å². The number of anilines is 1. The lowest BCUT2D eigenvalue weighted by Crippen LogP contribution is -2.29. The van der Waals surface area contributed by atoms with Crippen LogP contribution in [0.15, 0.2) is 77.4 Å². The van der Waals surface area contributed by atoms with Crippen molar-refractivity contribution in [1.29, 1.82) is 0 Å². The second-order valence-corrected chi connectivity index (χ2v) is 9.85. The molecule has 0 radical (unpaired) electrons. The highest BCUT2D eigenvalue weighted by Gasteiger charge is 2.42. The topological polar surface area (TPSA) is 53.3 Å². The van der Waals surface area contributed by atoms with Crippen LogP contribution >= 0.6 is 28.1 Å².